The largest absolute Gasteiger partial charge is 0.507 e. The summed E-state index contributed by atoms with van der Waals surface area (Å²) in [7, 11) is 1.70. The Balaban J connectivity index is 2.29. The fourth-order valence-corrected chi connectivity index (χ4v) is 4.21. The van der Waals surface area contributed by atoms with Crippen LogP contribution >= 0.6 is 0 Å². The van der Waals surface area contributed by atoms with E-state index in [2.05, 4.69) is 64.3 Å². The number of nitrogens with one attached hydrogen (secondary N) is 2. The van der Waals surface area contributed by atoms with E-state index in [1.165, 1.54) is 5.56 Å². The van der Waals surface area contributed by atoms with Gasteiger partial charge in [0, 0.05) is 11.1 Å². The van der Waals surface area contributed by atoms with Crippen LogP contribution in [0.25, 0.3) is 0 Å². The van der Waals surface area contributed by atoms with Gasteiger partial charge in [0.1, 0.15) is 5.75 Å². The van der Waals surface area contributed by atoms with Gasteiger partial charge < -0.3 is 20.5 Å². The van der Waals surface area contributed by atoms with Gasteiger partial charge in [-0.15, -0.1) is 0 Å². The van der Waals surface area contributed by atoms with Crippen molar-refractivity contribution in [1.29, 1.82) is 0 Å². The molecule has 158 valence electrons. The van der Waals surface area contributed by atoms with E-state index in [-0.39, 0.29) is 17.1 Å². The number of ether oxygens (including phenoxy) is 1. The highest BCUT2D eigenvalue weighted by atomic mass is 16.5. The van der Waals surface area contributed by atoms with Gasteiger partial charge in [0.15, 0.2) is 5.75 Å². The number of aromatic hydroxyl groups is 1. The van der Waals surface area contributed by atoms with Crippen molar-refractivity contribution in [3.63, 3.8) is 0 Å². The summed E-state index contributed by atoms with van der Waals surface area (Å²) >= 11 is 0. The third kappa shape index (κ3) is 4.69. The maximum atomic E-state index is 11.4. The Labute approximate surface area is 175 Å². The summed E-state index contributed by atoms with van der Waals surface area (Å²) < 4.78 is 5.98. The minimum Gasteiger partial charge on any atom is -0.507 e. The molecule has 29 heavy (non-hydrogen) atoms. The molecular weight excluding hydrogens is 360 g/mol. The lowest BCUT2D eigenvalue weighted by Crippen LogP contribution is -2.39. The molecule has 0 fully saturated rings. The summed E-state index contributed by atoms with van der Waals surface area (Å²) in [6.07, 6.45) is 2.91. The van der Waals surface area contributed by atoms with E-state index in [1.807, 2.05) is 18.2 Å². The van der Waals surface area contributed by atoms with E-state index in [0.29, 0.717) is 5.75 Å². The fraction of sp³-hybridized carbons (Fsp3) is 0.520. The van der Waals surface area contributed by atoms with Crippen LogP contribution in [0, 0.1) is 0 Å². The normalized spacial score (nSPS) is 15.1. The molecule has 0 aromatic heterocycles. The quantitative estimate of drug-likeness (QED) is 0.578. The van der Waals surface area contributed by atoms with Gasteiger partial charge in [0.05, 0.1) is 24.4 Å². The second-order valence-corrected chi connectivity index (χ2v) is 10.1. The highest BCUT2D eigenvalue weighted by Crippen LogP contribution is 2.50. The fourth-order valence-electron chi connectivity index (χ4n) is 4.21. The number of hydrogen-bond acceptors (Lipinski definition) is 4. The standard InChI is InChI=1S/C25H36N2O2/c1-24(2,3)26-20(16-12-9-8-10-13-16)19-22(28)18-15-11-14-17(18)21(23(19)29-7)27-25(4,5)6/h8-10,12-13,20,26-28H,11,14-15H2,1-7H3. The molecule has 1 unspecified atom stereocenters. The monoisotopic (exact) mass is 396 g/mol. The van der Waals surface area contributed by atoms with Crippen LogP contribution in [0.3, 0.4) is 0 Å². The second kappa shape index (κ2) is 7.91. The second-order valence-electron chi connectivity index (χ2n) is 10.1. The van der Waals surface area contributed by atoms with E-state index >= 15 is 0 Å². The van der Waals surface area contributed by atoms with Crippen molar-refractivity contribution in [1.82, 2.24) is 5.32 Å². The molecule has 0 heterocycles. The first-order chi connectivity index (χ1) is 13.5. The molecule has 0 spiro atoms. The average Bonchev–Trinajstić information content (AvgIpc) is 3.11. The van der Waals surface area contributed by atoms with Crippen molar-refractivity contribution >= 4 is 5.69 Å². The highest BCUT2D eigenvalue weighted by molar-refractivity contribution is 5.75. The third-order valence-electron chi connectivity index (χ3n) is 5.24. The van der Waals surface area contributed by atoms with Crippen LogP contribution < -0.4 is 15.4 Å². The molecule has 0 saturated carbocycles. The molecule has 0 radical (unpaired) electrons. The van der Waals surface area contributed by atoms with Gasteiger partial charge in [-0.1, -0.05) is 30.3 Å². The summed E-state index contributed by atoms with van der Waals surface area (Å²) in [6, 6.07) is 10.1. The number of fused-ring (bicyclic) bond motifs is 1. The van der Waals surface area contributed by atoms with Crippen molar-refractivity contribution in [2.75, 3.05) is 12.4 Å². The van der Waals surface area contributed by atoms with Gasteiger partial charge in [0.25, 0.3) is 0 Å². The highest BCUT2D eigenvalue weighted by Gasteiger charge is 2.34. The first-order valence-corrected chi connectivity index (χ1v) is 10.6. The van der Waals surface area contributed by atoms with Gasteiger partial charge in [-0.2, -0.15) is 0 Å². The van der Waals surface area contributed by atoms with Crippen molar-refractivity contribution in [3.05, 3.63) is 52.6 Å². The molecule has 0 saturated heterocycles. The molecule has 3 rings (SSSR count). The molecule has 2 aromatic carbocycles. The number of rotatable bonds is 5. The van der Waals surface area contributed by atoms with Crippen molar-refractivity contribution in [2.24, 2.45) is 0 Å². The predicted molar refractivity (Wildman–Crippen MR) is 121 cm³/mol. The Hall–Kier alpha value is -2.20. The molecule has 1 aliphatic carbocycles. The molecular formula is C25H36N2O2. The minimum atomic E-state index is -0.183. The van der Waals surface area contributed by atoms with E-state index in [0.717, 1.165) is 47.4 Å². The average molecular weight is 397 g/mol. The summed E-state index contributed by atoms with van der Waals surface area (Å²) in [6.45, 7) is 12.9. The summed E-state index contributed by atoms with van der Waals surface area (Å²) in [5.41, 5.74) is 4.95. The molecule has 2 aromatic rings. The zero-order chi connectivity index (χ0) is 21.4. The number of phenolic OH excluding ortho intramolecular Hbond substituents is 1. The maximum Gasteiger partial charge on any atom is 0.151 e. The summed E-state index contributed by atoms with van der Waals surface area (Å²) in [5.74, 6) is 1.11. The van der Waals surface area contributed by atoms with E-state index in [4.69, 9.17) is 4.74 Å². The number of phenols is 1. The van der Waals surface area contributed by atoms with Gasteiger partial charge in [-0.3, -0.25) is 0 Å². The summed E-state index contributed by atoms with van der Waals surface area (Å²) in [5, 5.41) is 18.8. The van der Waals surface area contributed by atoms with Crippen LogP contribution in [0.1, 0.15) is 76.3 Å². The topological polar surface area (TPSA) is 53.5 Å². The predicted octanol–water partition coefficient (Wildman–Crippen LogP) is 5.58. The molecule has 0 bridgehead atoms. The SMILES string of the molecule is COc1c(NC(C)(C)C)c2c(c(O)c1C(NC(C)(C)C)c1ccccc1)CCC2. The molecule has 1 atom stereocenters. The van der Waals surface area contributed by atoms with Gasteiger partial charge in [-0.05, 0) is 77.5 Å². The van der Waals surface area contributed by atoms with E-state index in [9.17, 15) is 5.11 Å². The van der Waals surface area contributed by atoms with Gasteiger partial charge in [0.2, 0.25) is 0 Å². The lowest BCUT2D eigenvalue weighted by molar-refractivity contribution is 0.357. The van der Waals surface area contributed by atoms with Crippen LogP contribution in [0.4, 0.5) is 5.69 Å². The number of hydrogen-bond donors (Lipinski definition) is 3. The van der Waals surface area contributed by atoms with Gasteiger partial charge >= 0.3 is 0 Å². The Morgan fingerprint density at radius 2 is 1.55 bits per heavy atom. The third-order valence-corrected chi connectivity index (χ3v) is 5.24. The maximum absolute atomic E-state index is 11.4. The lowest BCUT2D eigenvalue weighted by Gasteiger charge is -2.33. The molecule has 4 heteroatoms. The molecule has 3 N–H and O–H groups in total. The molecule has 0 amide bonds. The van der Waals surface area contributed by atoms with Crippen molar-refractivity contribution in [2.45, 2.75) is 77.9 Å². The Morgan fingerprint density at radius 3 is 2.10 bits per heavy atom. The van der Waals surface area contributed by atoms with Crippen LogP contribution in [0.15, 0.2) is 30.3 Å². The zero-order valence-electron chi connectivity index (χ0n) is 18.9. The zero-order valence-corrected chi connectivity index (χ0v) is 18.9. The van der Waals surface area contributed by atoms with Crippen LogP contribution in [-0.2, 0) is 12.8 Å². The first-order valence-electron chi connectivity index (χ1n) is 10.6. The molecule has 1 aliphatic rings. The minimum absolute atomic E-state index is 0.114. The van der Waals surface area contributed by atoms with Crippen molar-refractivity contribution < 1.29 is 9.84 Å². The lowest BCUT2D eigenvalue weighted by atomic mass is 9.89. The van der Waals surface area contributed by atoms with Crippen LogP contribution in [0.2, 0.25) is 0 Å². The van der Waals surface area contributed by atoms with E-state index in [1.54, 1.807) is 7.11 Å². The van der Waals surface area contributed by atoms with Crippen molar-refractivity contribution in [3.8, 4) is 11.5 Å². The van der Waals surface area contributed by atoms with Crippen LogP contribution in [-0.4, -0.2) is 23.3 Å². The number of anilines is 1. The Kier molecular flexibility index (Phi) is 5.86. The number of methoxy groups -OCH3 is 1. The Morgan fingerprint density at radius 1 is 0.931 bits per heavy atom. The molecule has 0 aliphatic heterocycles. The van der Waals surface area contributed by atoms with Gasteiger partial charge in [-0.25, -0.2) is 0 Å². The molecule has 4 nitrogen and oxygen atoms in total. The van der Waals surface area contributed by atoms with E-state index < -0.39 is 0 Å². The summed E-state index contributed by atoms with van der Waals surface area (Å²) in [4.78, 5) is 0. The van der Waals surface area contributed by atoms with Crippen LogP contribution in [0.5, 0.6) is 11.5 Å². The smallest absolute Gasteiger partial charge is 0.151 e. The Bertz CT molecular complexity index is 861. The number of benzene rings is 2. The first kappa shape index (κ1) is 21.5.